The Labute approximate surface area is 290 Å². The molecule has 49 heavy (non-hydrogen) atoms. The minimum absolute atomic E-state index is 0.00379. The van der Waals surface area contributed by atoms with E-state index in [1.807, 2.05) is 48.5 Å². The molecular weight excluding hydrogens is 667 g/mol. The molecule has 2 heterocycles. The zero-order chi connectivity index (χ0) is 35.8. The summed E-state index contributed by atoms with van der Waals surface area (Å²) >= 11 is 0. The van der Waals surface area contributed by atoms with Crippen LogP contribution in [-0.2, 0) is 24.9 Å². The number of carbonyl (C=O) groups is 1. The van der Waals surface area contributed by atoms with Crippen molar-refractivity contribution in [1.82, 2.24) is 13.9 Å². The van der Waals surface area contributed by atoms with Gasteiger partial charge in [-0.25, -0.2) is 21.6 Å². The van der Waals surface area contributed by atoms with Gasteiger partial charge in [-0.1, -0.05) is 70.4 Å². The molecule has 2 aliphatic heterocycles. The second-order valence-corrected chi connectivity index (χ2v) is 18.4. The van der Waals surface area contributed by atoms with Crippen LogP contribution >= 0.6 is 0 Å². The number of hydrogen-bond acceptors (Lipinski definition) is 9. The molecule has 2 aromatic carbocycles. The van der Waals surface area contributed by atoms with Crippen molar-refractivity contribution < 1.29 is 31.7 Å². The molecule has 3 aliphatic rings. The Kier molecular flexibility index (Phi) is 10.9. The molecule has 0 aromatic heterocycles. The Hall–Kier alpha value is -3.33. The van der Waals surface area contributed by atoms with Crippen LogP contribution < -0.4 is 5.32 Å². The molecule has 2 aromatic rings. The van der Waals surface area contributed by atoms with Gasteiger partial charge in [-0.15, -0.1) is 0 Å². The molecule has 12 nitrogen and oxygen atoms in total. The van der Waals surface area contributed by atoms with Gasteiger partial charge in [0.1, 0.15) is 11.4 Å². The smallest absolute Gasteiger partial charge is 0.410 e. The van der Waals surface area contributed by atoms with Crippen molar-refractivity contribution >= 4 is 37.6 Å². The molecule has 2 saturated heterocycles. The first-order chi connectivity index (χ1) is 23.1. The van der Waals surface area contributed by atoms with E-state index in [1.54, 1.807) is 12.1 Å². The van der Waals surface area contributed by atoms with Gasteiger partial charge in [0.25, 0.3) is 0 Å². The van der Waals surface area contributed by atoms with Crippen LogP contribution in [0.5, 0.6) is 0 Å². The van der Waals surface area contributed by atoms with Crippen molar-refractivity contribution in [3.8, 4) is 0 Å². The molecule has 2 N–H and O–H groups in total. The number of oxime groups is 2. The fraction of sp³-hybridized carbons (Fsp3) is 0.571. The molecular formula is C35H49N5O7S2. The minimum atomic E-state index is -3.95. The number of amides is 1. The maximum absolute atomic E-state index is 14.0. The second kappa shape index (κ2) is 14.5. The van der Waals surface area contributed by atoms with E-state index in [2.05, 4.69) is 15.6 Å². The maximum Gasteiger partial charge on any atom is 0.433 e. The monoisotopic (exact) mass is 715 g/mol. The third-order valence-electron chi connectivity index (χ3n) is 10.1. The van der Waals surface area contributed by atoms with Crippen molar-refractivity contribution in [2.75, 3.05) is 26.2 Å². The number of nitrogens with one attached hydrogen (secondary N) is 1. The normalized spacial score (nSPS) is 24.7. The third kappa shape index (κ3) is 7.57. The zero-order valence-corrected chi connectivity index (χ0v) is 31.0. The summed E-state index contributed by atoms with van der Waals surface area (Å²) in [5.74, 6) is 0.905. The van der Waals surface area contributed by atoms with Gasteiger partial charge in [-0.2, -0.15) is 8.61 Å². The quantitative estimate of drug-likeness (QED) is 0.178. The Bertz CT molecular complexity index is 1730. The third-order valence-corrected chi connectivity index (χ3v) is 13.8. The first kappa shape index (κ1) is 36.9. The molecule has 0 bridgehead atoms. The number of piperidine rings is 2. The summed E-state index contributed by atoms with van der Waals surface area (Å²) in [4.78, 5) is 18.3. The number of fused-ring (bicyclic) bond motifs is 2. The van der Waals surface area contributed by atoms with Crippen molar-refractivity contribution in [1.29, 1.82) is 0 Å². The van der Waals surface area contributed by atoms with E-state index in [9.17, 15) is 26.8 Å². The van der Waals surface area contributed by atoms with Crippen molar-refractivity contribution in [3.05, 3.63) is 58.7 Å². The fourth-order valence-corrected chi connectivity index (χ4v) is 10.8. The van der Waals surface area contributed by atoms with E-state index in [0.29, 0.717) is 37.3 Å². The lowest BCUT2D eigenvalue weighted by Crippen LogP contribution is -2.42. The Morgan fingerprint density at radius 3 is 1.61 bits per heavy atom. The highest BCUT2D eigenvalue weighted by Gasteiger charge is 2.37. The minimum Gasteiger partial charge on any atom is -0.410 e. The lowest BCUT2D eigenvalue weighted by atomic mass is 9.83. The van der Waals surface area contributed by atoms with Gasteiger partial charge >= 0.3 is 6.09 Å². The first-order valence-electron chi connectivity index (χ1n) is 17.1. The molecule has 268 valence electrons. The van der Waals surface area contributed by atoms with Crippen LogP contribution in [0.4, 0.5) is 4.79 Å². The summed E-state index contributed by atoms with van der Waals surface area (Å²) in [7, 11) is -7.90. The number of carbonyl (C=O) groups excluding carboxylic acids is 1. The highest BCUT2D eigenvalue weighted by molar-refractivity contribution is 7.89. The summed E-state index contributed by atoms with van der Waals surface area (Å²) in [6, 6.07) is 8.65. The zero-order valence-electron chi connectivity index (χ0n) is 29.4. The van der Waals surface area contributed by atoms with Crippen LogP contribution in [0.2, 0.25) is 0 Å². The van der Waals surface area contributed by atoms with E-state index in [4.69, 9.17) is 4.84 Å². The summed E-state index contributed by atoms with van der Waals surface area (Å²) in [6.45, 7) is 15.5. The van der Waals surface area contributed by atoms with Gasteiger partial charge in [0.15, 0.2) is 0 Å². The molecule has 0 spiro atoms. The van der Waals surface area contributed by atoms with Gasteiger partial charge in [0.05, 0.1) is 9.79 Å². The van der Waals surface area contributed by atoms with Gasteiger partial charge in [-0.3, -0.25) is 4.84 Å². The molecule has 6 atom stereocenters. The van der Waals surface area contributed by atoms with Gasteiger partial charge < -0.3 is 10.5 Å². The van der Waals surface area contributed by atoms with Crippen LogP contribution in [0.15, 0.2) is 56.5 Å². The van der Waals surface area contributed by atoms with Gasteiger partial charge in [0, 0.05) is 54.5 Å². The second-order valence-electron chi connectivity index (χ2n) is 14.5. The predicted molar refractivity (Wildman–Crippen MR) is 188 cm³/mol. The SMILES string of the molecule is CCC(C)C(C)NC(=O)ON=C1c2cc(S(=O)(=O)N3C[C@H](C)C[C@H](C)C3)ccc2C(=NO)c2ccc(S(=O)(=O)N3C[C@H](C)C[C@H](C)C3)cc21. The summed E-state index contributed by atoms with van der Waals surface area (Å²) < 4.78 is 58.9. The number of sulfonamides is 2. The topological polar surface area (TPSA) is 158 Å². The summed E-state index contributed by atoms with van der Waals surface area (Å²) in [5, 5.41) is 20.8. The van der Waals surface area contributed by atoms with Crippen LogP contribution in [0.3, 0.4) is 0 Å². The summed E-state index contributed by atoms with van der Waals surface area (Å²) in [5.41, 5.74) is 1.28. The standard InChI is InChI=1S/C35H49N5O7S2/c1-8-25(6)26(7)36-35(41)47-38-34-31-15-27(48(43,44)39-17-21(2)13-22(3)18-39)9-11-29(31)33(37-42)30-12-10-28(16-32(30)34)49(45,46)40-19-23(4)14-24(5)20-40/h9-12,15-16,21-26,42H,8,13-14,17-20H2,1-7H3,(H,36,41)/t21-,22+,23-,24+,25?,26?. The van der Waals surface area contributed by atoms with Gasteiger partial charge in [0.2, 0.25) is 20.0 Å². The molecule has 14 heteroatoms. The molecule has 5 rings (SSSR count). The van der Waals surface area contributed by atoms with Crippen LogP contribution in [0.25, 0.3) is 0 Å². The van der Waals surface area contributed by atoms with Crippen LogP contribution in [-0.4, -0.2) is 80.4 Å². The molecule has 2 unspecified atom stereocenters. The largest absolute Gasteiger partial charge is 0.433 e. The Morgan fingerprint density at radius 2 is 1.22 bits per heavy atom. The number of hydrogen-bond donors (Lipinski definition) is 2. The van der Waals surface area contributed by atoms with Crippen molar-refractivity contribution in [3.63, 3.8) is 0 Å². The Morgan fingerprint density at radius 1 is 0.796 bits per heavy atom. The first-order valence-corrected chi connectivity index (χ1v) is 20.0. The molecule has 2 fully saturated rings. The predicted octanol–water partition coefficient (Wildman–Crippen LogP) is 5.47. The average Bonchev–Trinajstić information content (AvgIpc) is 3.04. The highest BCUT2D eigenvalue weighted by atomic mass is 32.2. The van der Waals surface area contributed by atoms with Gasteiger partial charge in [-0.05, 0) is 73.6 Å². The van der Waals surface area contributed by atoms with E-state index < -0.39 is 26.1 Å². The molecule has 1 aliphatic carbocycles. The number of benzene rings is 2. The Balaban J connectivity index is 1.64. The maximum atomic E-state index is 14.0. The molecule has 0 saturated carbocycles. The van der Waals surface area contributed by atoms with E-state index in [1.165, 1.54) is 32.9 Å². The highest BCUT2D eigenvalue weighted by Crippen LogP contribution is 2.35. The number of nitrogens with zero attached hydrogens (tertiary/aromatic N) is 4. The van der Waals surface area contributed by atoms with E-state index in [-0.39, 0.29) is 68.0 Å². The summed E-state index contributed by atoms with van der Waals surface area (Å²) in [6.07, 6.45) is 1.87. The molecule has 1 amide bonds. The number of rotatable bonds is 8. The lowest BCUT2D eigenvalue weighted by Gasteiger charge is -2.34. The van der Waals surface area contributed by atoms with E-state index >= 15 is 0 Å². The average molecular weight is 716 g/mol. The van der Waals surface area contributed by atoms with Crippen LogP contribution in [0.1, 0.15) is 90.0 Å². The van der Waals surface area contributed by atoms with E-state index in [0.717, 1.165) is 19.3 Å². The van der Waals surface area contributed by atoms with Crippen molar-refractivity contribution in [2.24, 2.45) is 39.9 Å². The van der Waals surface area contributed by atoms with Crippen LogP contribution in [0, 0.1) is 29.6 Å². The lowest BCUT2D eigenvalue weighted by molar-refractivity contribution is 0.144. The van der Waals surface area contributed by atoms with Crippen molar-refractivity contribution in [2.45, 2.75) is 83.6 Å². The molecule has 0 radical (unpaired) electrons. The fourth-order valence-electron chi connectivity index (χ4n) is 7.37.